The average molecular weight is 323 g/mol. The summed E-state index contributed by atoms with van der Waals surface area (Å²) in [4.78, 5) is 19.9. The molecule has 8 nitrogen and oxygen atoms in total. The van der Waals surface area contributed by atoms with Crippen LogP contribution in [0.2, 0.25) is 0 Å². The molecule has 0 aliphatic carbocycles. The first-order valence-corrected chi connectivity index (χ1v) is 7.27. The van der Waals surface area contributed by atoms with Crippen molar-refractivity contribution in [3.63, 3.8) is 0 Å². The van der Waals surface area contributed by atoms with Gasteiger partial charge in [-0.2, -0.15) is 0 Å². The van der Waals surface area contributed by atoms with E-state index in [1.165, 1.54) is 12.1 Å². The Labute approximate surface area is 119 Å². The smallest absolute Gasteiger partial charge is 0.321 e. The second-order valence-corrected chi connectivity index (χ2v) is 5.98. The van der Waals surface area contributed by atoms with Crippen LogP contribution in [0.5, 0.6) is 0 Å². The highest BCUT2D eigenvalue weighted by Crippen LogP contribution is 2.22. The maximum Gasteiger partial charge on any atom is 0.321 e. The van der Waals surface area contributed by atoms with E-state index >= 15 is 0 Å². The number of para-hydroxylation sites is 1. The fourth-order valence-corrected chi connectivity index (χ4v) is 2.68. The molecule has 1 aromatic carbocycles. The number of nitro benzene ring substituents is 1. The number of hydrogen-bond donors (Lipinski definition) is 2. The Kier molecular flexibility index (Phi) is 5.43. The van der Waals surface area contributed by atoms with Crippen molar-refractivity contribution in [1.29, 1.82) is 0 Å². The number of halogens is 1. The monoisotopic (exact) mass is 322 g/mol. The number of carboxylic acid groups (broad SMARTS) is 1. The van der Waals surface area contributed by atoms with Gasteiger partial charge in [-0.15, -0.1) is 11.6 Å². The van der Waals surface area contributed by atoms with E-state index in [9.17, 15) is 23.3 Å². The molecule has 1 aromatic rings. The zero-order chi connectivity index (χ0) is 15.3. The van der Waals surface area contributed by atoms with E-state index in [1.807, 2.05) is 0 Å². The van der Waals surface area contributed by atoms with Gasteiger partial charge in [-0.1, -0.05) is 12.1 Å². The van der Waals surface area contributed by atoms with E-state index in [-0.39, 0.29) is 13.0 Å². The lowest BCUT2D eigenvalue weighted by molar-refractivity contribution is -0.387. The van der Waals surface area contributed by atoms with Gasteiger partial charge >= 0.3 is 5.97 Å². The van der Waals surface area contributed by atoms with Crippen LogP contribution in [0.15, 0.2) is 29.2 Å². The molecule has 0 saturated heterocycles. The van der Waals surface area contributed by atoms with Crippen molar-refractivity contribution < 1.29 is 23.2 Å². The van der Waals surface area contributed by atoms with Crippen molar-refractivity contribution in [2.24, 2.45) is 0 Å². The molecule has 0 spiro atoms. The van der Waals surface area contributed by atoms with Crippen LogP contribution in [0, 0.1) is 10.1 Å². The summed E-state index contributed by atoms with van der Waals surface area (Å²) in [6, 6.07) is 4.85. The molecule has 0 heterocycles. The minimum atomic E-state index is -4.10. The molecule has 0 saturated carbocycles. The Morgan fingerprint density at radius 1 is 1.45 bits per heavy atom. The van der Waals surface area contributed by atoms with Gasteiger partial charge in [0.2, 0.25) is 10.0 Å². The highest BCUT2D eigenvalue weighted by Gasteiger charge is 2.25. The van der Waals surface area contributed by atoms with Crippen molar-refractivity contribution >= 4 is 33.3 Å². The third-order valence-corrected chi connectivity index (χ3v) is 4.22. The van der Waals surface area contributed by atoms with E-state index in [2.05, 4.69) is 4.72 Å². The van der Waals surface area contributed by atoms with Crippen LogP contribution < -0.4 is 4.72 Å². The van der Waals surface area contributed by atoms with Gasteiger partial charge in [0.25, 0.3) is 5.69 Å². The van der Waals surface area contributed by atoms with Crippen molar-refractivity contribution in [3.8, 4) is 0 Å². The van der Waals surface area contributed by atoms with Gasteiger partial charge in [0, 0.05) is 12.6 Å². The van der Waals surface area contributed by atoms with Crippen molar-refractivity contribution in [2.75, 3.05) is 6.54 Å². The van der Waals surface area contributed by atoms with Gasteiger partial charge < -0.3 is 5.11 Å². The summed E-state index contributed by atoms with van der Waals surface area (Å²) in [5.41, 5.74) is -0.555. The molecule has 0 fully saturated rings. The largest absolute Gasteiger partial charge is 0.480 e. The highest BCUT2D eigenvalue weighted by molar-refractivity contribution is 7.89. The van der Waals surface area contributed by atoms with Gasteiger partial charge in [-0.3, -0.25) is 14.9 Å². The first-order valence-electron chi connectivity index (χ1n) is 5.35. The fourth-order valence-electron chi connectivity index (χ4n) is 1.36. The Hall–Kier alpha value is -1.71. The molecule has 2 N–H and O–H groups in total. The molecule has 0 aliphatic heterocycles. The molecule has 0 bridgehead atoms. The Morgan fingerprint density at radius 2 is 2.05 bits per heavy atom. The molecule has 1 rings (SSSR count). The third kappa shape index (κ3) is 4.15. The molecule has 0 aliphatic rings. The number of hydrogen-bond acceptors (Lipinski definition) is 5. The van der Waals surface area contributed by atoms with Crippen molar-refractivity contribution in [2.45, 2.75) is 16.7 Å². The molecule has 0 radical (unpaired) electrons. The zero-order valence-corrected chi connectivity index (χ0v) is 11.6. The number of carbonyl (C=O) groups is 1. The number of rotatable bonds is 7. The van der Waals surface area contributed by atoms with Gasteiger partial charge in [0.05, 0.1) is 4.92 Å². The summed E-state index contributed by atoms with van der Waals surface area (Å²) >= 11 is 5.43. The summed E-state index contributed by atoms with van der Waals surface area (Å²) in [5, 5.41) is 18.1. The quantitative estimate of drug-likeness (QED) is 0.437. The average Bonchev–Trinajstić information content (AvgIpc) is 2.38. The highest BCUT2D eigenvalue weighted by atomic mass is 35.5. The molecule has 1 atom stereocenters. The van der Waals surface area contributed by atoms with E-state index in [0.717, 1.165) is 12.1 Å². The minimum Gasteiger partial charge on any atom is -0.480 e. The predicted molar refractivity (Wildman–Crippen MR) is 70.2 cm³/mol. The second-order valence-electron chi connectivity index (χ2n) is 3.72. The number of carboxylic acids is 1. The minimum absolute atomic E-state index is 0.142. The standard InChI is InChI=1S/C10H11ClN2O6S/c11-7(10(14)15)5-6-12-20(18,19)9-4-2-1-3-8(9)13(16)17/h1-4,7,12H,5-6H2,(H,14,15)/t7-/m1/s1. The molecule has 10 heteroatoms. The van der Waals surface area contributed by atoms with E-state index in [0.29, 0.717) is 0 Å². The van der Waals surface area contributed by atoms with Gasteiger partial charge in [0.15, 0.2) is 4.90 Å². The van der Waals surface area contributed by atoms with Crippen LogP contribution in [0.3, 0.4) is 0 Å². The number of aliphatic carboxylic acids is 1. The van der Waals surface area contributed by atoms with E-state index in [4.69, 9.17) is 16.7 Å². The lowest BCUT2D eigenvalue weighted by Crippen LogP contribution is -2.28. The number of nitrogens with zero attached hydrogens (tertiary/aromatic N) is 1. The number of benzene rings is 1. The number of sulfonamides is 1. The molecule has 0 unspecified atom stereocenters. The molecule has 0 aromatic heterocycles. The summed E-state index contributed by atoms with van der Waals surface area (Å²) in [5.74, 6) is -1.27. The first kappa shape index (κ1) is 16.3. The fraction of sp³-hybridized carbons (Fsp3) is 0.300. The van der Waals surface area contributed by atoms with E-state index < -0.39 is 36.9 Å². The lowest BCUT2D eigenvalue weighted by atomic mass is 10.3. The number of nitro groups is 1. The molecule has 20 heavy (non-hydrogen) atoms. The SMILES string of the molecule is O=C(O)[C@H](Cl)CCNS(=O)(=O)c1ccccc1[N+](=O)[O-]. The van der Waals surface area contributed by atoms with Crippen LogP contribution in [0.25, 0.3) is 0 Å². The van der Waals surface area contributed by atoms with Crippen molar-refractivity contribution in [3.05, 3.63) is 34.4 Å². The first-order chi connectivity index (χ1) is 9.25. The second kappa shape index (κ2) is 6.64. The maximum atomic E-state index is 11.9. The predicted octanol–water partition coefficient (Wildman–Crippen LogP) is 0.955. The zero-order valence-electron chi connectivity index (χ0n) is 10.0. The number of alkyl halides is 1. The Bertz CT molecular complexity index is 618. The molecular weight excluding hydrogens is 312 g/mol. The molecule has 0 amide bonds. The van der Waals surface area contributed by atoms with Crippen LogP contribution >= 0.6 is 11.6 Å². The van der Waals surface area contributed by atoms with E-state index in [1.54, 1.807) is 0 Å². The summed E-state index contributed by atoms with van der Waals surface area (Å²) in [7, 11) is -4.10. The summed E-state index contributed by atoms with van der Waals surface area (Å²) < 4.78 is 25.9. The Morgan fingerprint density at radius 3 is 2.60 bits per heavy atom. The summed E-state index contributed by atoms with van der Waals surface area (Å²) in [6.07, 6.45) is -0.142. The number of nitrogens with one attached hydrogen (secondary N) is 1. The molecular formula is C10H11ClN2O6S. The van der Waals surface area contributed by atoms with Gasteiger partial charge in [-0.05, 0) is 12.5 Å². The van der Waals surface area contributed by atoms with Gasteiger partial charge in [0.1, 0.15) is 5.38 Å². The van der Waals surface area contributed by atoms with Crippen LogP contribution in [0.4, 0.5) is 5.69 Å². The lowest BCUT2D eigenvalue weighted by Gasteiger charge is -2.08. The van der Waals surface area contributed by atoms with Crippen LogP contribution in [-0.4, -0.2) is 36.3 Å². The van der Waals surface area contributed by atoms with Crippen LogP contribution in [-0.2, 0) is 14.8 Å². The molecule has 110 valence electrons. The summed E-state index contributed by atoms with van der Waals surface area (Å²) in [6.45, 7) is -0.241. The van der Waals surface area contributed by atoms with Gasteiger partial charge in [-0.25, -0.2) is 13.1 Å². The normalized spacial score (nSPS) is 12.8. The topological polar surface area (TPSA) is 127 Å². The Balaban J connectivity index is 2.85. The maximum absolute atomic E-state index is 11.9. The third-order valence-electron chi connectivity index (χ3n) is 2.31. The van der Waals surface area contributed by atoms with Crippen LogP contribution in [0.1, 0.15) is 6.42 Å². The van der Waals surface area contributed by atoms with Crippen molar-refractivity contribution in [1.82, 2.24) is 4.72 Å².